The highest BCUT2D eigenvalue weighted by atomic mass is 19.4. The average Bonchev–Trinajstić information content (AvgIpc) is 2.97. The largest absolute Gasteiger partial charge is 0.480 e. The molecule has 1 heterocycles. The lowest BCUT2D eigenvalue weighted by Crippen LogP contribution is -2.36. The van der Waals surface area contributed by atoms with Crippen molar-refractivity contribution in [2.75, 3.05) is 0 Å². The van der Waals surface area contributed by atoms with Gasteiger partial charge in [0.25, 0.3) is 5.91 Å². The van der Waals surface area contributed by atoms with Gasteiger partial charge in [-0.15, -0.1) is 0 Å². The molecule has 0 saturated heterocycles. The minimum atomic E-state index is -4.54. The van der Waals surface area contributed by atoms with E-state index in [1.165, 1.54) is 31.3 Å². The van der Waals surface area contributed by atoms with Gasteiger partial charge in [-0.1, -0.05) is 12.1 Å². The summed E-state index contributed by atoms with van der Waals surface area (Å²) >= 11 is 0. The number of H-pyrrole nitrogens is 1. The van der Waals surface area contributed by atoms with Crippen molar-refractivity contribution in [3.8, 4) is 5.75 Å². The zero-order chi connectivity index (χ0) is 16.2. The van der Waals surface area contributed by atoms with Gasteiger partial charge in [0.2, 0.25) is 0 Å². The van der Waals surface area contributed by atoms with Crippen LogP contribution < -0.4 is 10.1 Å². The van der Waals surface area contributed by atoms with Gasteiger partial charge in [0, 0.05) is 6.20 Å². The number of hydrogen-bond donors (Lipinski definition) is 2. The molecule has 0 unspecified atom stereocenters. The number of aromatic nitrogens is 2. The quantitative estimate of drug-likeness (QED) is 0.891. The third kappa shape index (κ3) is 4.00. The van der Waals surface area contributed by atoms with Crippen LogP contribution in [0.2, 0.25) is 0 Å². The number of nitrogens with zero attached hydrogens (tertiary/aromatic N) is 1. The molecule has 8 heteroatoms. The number of amides is 1. The first-order valence-electron chi connectivity index (χ1n) is 6.47. The van der Waals surface area contributed by atoms with E-state index in [4.69, 9.17) is 4.74 Å². The Morgan fingerprint density at radius 2 is 2.09 bits per heavy atom. The van der Waals surface area contributed by atoms with Crippen molar-refractivity contribution in [1.29, 1.82) is 0 Å². The van der Waals surface area contributed by atoms with Gasteiger partial charge >= 0.3 is 6.18 Å². The van der Waals surface area contributed by atoms with Crippen molar-refractivity contribution in [3.63, 3.8) is 0 Å². The van der Waals surface area contributed by atoms with Gasteiger partial charge in [-0.05, 0) is 25.1 Å². The summed E-state index contributed by atoms with van der Waals surface area (Å²) in [5, 5.41) is 8.92. The van der Waals surface area contributed by atoms with Crippen molar-refractivity contribution in [3.05, 3.63) is 47.8 Å². The molecule has 0 fully saturated rings. The van der Waals surface area contributed by atoms with Crippen molar-refractivity contribution >= 4 is 5.91 Å². The molecular formula is C14H14F3N3O2. The molecule has 1 aromatic heterocycles. The molecule has 1 amide bonds. The van der Waals surface area contributed by atoms with Gasteiger partial charge in [-0.2, -0.15) is 18.3 Å². The van der Waals surface area contributed by atoms with E-state index >= 15 is 0 Å². The van der Waals surface area contributed by atoms with E-state index in [2.05, 4.69) is 15.5 Å². The number of carbonyl (C=O) groups excluding carboxylic acids is 1. The molecule has 0 aliphatic carbocycles. The zero-order valence-electron chi connectivity index (χ0n) is 11.6. The van der Waals surface area contributed by atoms with Gasteiger partial charge < -0.3 is 10.1 Å². The molecule has 2 aromatic rings. The Morgan fingerprint density at radius 1 is 1.36 bits per heavy atom. The second-order valence-electron chi connectivity index (χ2n) is 4.55. The first-order chi connectivity index (χ1) is 10.4. The topological polar surface area (TPSA) is 67.0 Å². The van der Waals surface area contributed by atoms with Crippen LogP contribution in [-0.4, -0.2) is 22.2 Å². The fourth-order valence-corrected chi connectivity index (χ4v) is 1.76. The first-order valence-corrected chi connectivity index (χ1v) is 6.47. The number of carbonyl (C=O) groups is 1. The number of aromatic amines is 1. The third-order valence-electron chi connectivity index (χ3n) is 2.88. The molecule has 1 aromatic carbocycles. The smallest absolute Gasteiger partial charge is 0.419 e. The molecular weight excluding hydrogens is 299 g/mol. The Kier molecular flexibility index (Phi) is 4.69. The molecule has 5 nitrogen and oxygen atoms in total. The molecule has 1 atom stereocenters. The lowest BCUT2D eigenvalue weighted by Gasteiger charge is -2.18. The fraction of sp³-hybridized carbons (Fsp3) is 0.286. The van der Waals surface area contributed by atoms with Crippen LogP contribution in [0.3, 0.4) is 0 Å². The number of nitrogens with one attached hydrogen (secondary N) is 2. The molecule has 0 aliphatic heterocycles. The van der Waals surface area contributed by atoms with Crippen molar-refractivity contribution in [1.82, 2.24) is 15.5 Å². The normalized spacial score (nSPS) is 12.7. The average molecular weight is 313 g/mol. The van der Waals surface area contributed by atoms with Crippen LogP contribution in [0, 0.1) is 0 Å². The first kappa shape index (κ1) is 15.9. The highest BCUT2D eigenvalue weighted by Crippen LogP contribution is 2.36. The summed E-state index contributed by atoms with van der Waals surface area (Å²) < 4.78 is 43.7. The summed E-state index contributed by atoms with van der Waals surface area (Å²) in [5.41, 5.74) is -0.237. The molecule has 0 aliphatic rings. The van der Waals surface area contributed by atoms with E-state index in [1.807, 2.05) is 0 Å². The highest BCUT2D eigenvalue weighted by molar-refractivity contribution is 5.80. The predicted octanol–water partition coefficient (Wildman–Crippen LogP) is 2.51. The highest BCUT2D eigenvalue weighted by Gasteiger charge is 2.34. The van der Waals surface area contributed by atoms with Crippen molar-refractivity contribution < 1.29 is 22.7 Å². The number of benzene rings is 1. The Bertz CT molecular complexity index is 627. The molecule has 118 valence electrons. The van der Waals surface area contributed by atoms with Crippen LogP contribution in [0.5, 0.6) is 5.75 Å². The van der Waals surface area contributed by atoms with E-state index in [0.717, 1.165) is 6.07 Å². The van der Waals surface area contributed by atoms with E-state index in [-0.39, 0.29) is 12.3 Å². The monoisotopic (exact) mass is 313 g/mol. The number of para-hydroxylation sites is 1. The molecule has 0 radical (unpaired) electrons. The maximum Gasteiger partial charge on any atom is 0.419 e. The number of hydrogen-bond acceptors (Lipinski definition) is 3. The lowest BCUT2D eigenvalue weighted by atomic mass is 10.2. The van der Waals surface area contributed by atoms with E-state index < -0.39 is 23.8 Å². The maximum atomic E-state index is 12.8. The second-order valence-corrected chi connectivity index (χ2v) is 4.55. The van der Waals surface area contributed by atoms with E-state index in [1.54, 1.807) is 6.07 Å². The van der Waals surface area contributed by atoms with Gasteiger partial charge in [0.05, 0.1) is 17.8 Å². The van der Waals surface area contributed by atoms with Crippen LogP contribution >= 0.6 is 0 Å². The van der Waals surface area contributed by atoms with Gasteiger partial charge in [0.1, 0.15) is 5.75 Å². The van der Waals surface area contributed by atoms with E-state index in [9.17, 15) is 18.0 Å². The summed E-state index contributed by atoms with van der Waals surface area (Å²) in [4.78, 5) is 11.9. The van der Waals surface area contributed by atoms with Crippen LogP contribution in [0.15, 0.2) is 36.5 Å². The SMILES string of the molecule is C[C@@H](Oc1ccccc1C(F)(F)F)C(=O)NCc1ccn[nH]1. The molecule has 22 heavy (non-hydrogen) atoms. The van der Waals surface area contributed by atoms with Gasteiger partial charge in [-0.3, -0.25) is 9.89 Å². The number of rotatable bonds is 5. The molecule has 0 saturated carbocycles. The van der Waals surface area contributed by atoms with Crippen LogP contribution in [0.25, 0.3) is 0 Å². The summed E-state index contributed by atoms with van der Waals surface area (Å²) in [6.45, 7) is 1.57. The maximum absolute atomic E-state index is 12.8. The molecule has 2 rings (SSSR count). The summed E-state index contributed by atoms with van der Waals surface area (Å²) in [7, 11) is 0. The van der Waals surface area contributed by atoms with Crippen molar-refractivity contribution in [2.24, 2.45) is 0 Å². The Balaban J connectivity index is 1.99. The number of alkyl halides is 3. The third-order valence-corrected chi connectivity index (χ3v) is 2.88. The number of ether oxygens (including phenoxy) is 1. The molecule has 0 spiro atoms. The molecule has 2 N–H and O–H groups in total. The van der Waals surface area contributed by atoms with Gasteiger partial charge in [-0.25, -0.2) is 0 Å². The van der Waals surface area contributed by atoms with Crippen LogP contribution in [0.4, 0.5) is 13.2 Å². The Hall–Kier alpha value is -2.51. The summed E-state index contributed by atoms with van der Waals surface area (Å²) in [6.07, 6.45) is -4.07. The molecule has 0 bridgehead atoms. The Morgan fingerprint density at radius 3 is 2.73 bits per heavy atom. The van der Waals surface area contributed by atoms with Crippen molar-refractivity contribution in [2.45, 2.75) is 25.7 Å². The summed E-state index contributed by atoms with van der Waals surface area (Å²) in [6, 6.07) is 6.44. The zero-order valence-corrected chi connectivity index (χ0v) is 11.6. The lowest BCUT2D eigenvalue weighted by molar-refractivity contribution is -0.140. The minimum Gasteiger partial charge on any atom is -0.480 e. The second kappa shape index (κ2) is 6.50. The van der Waals surface area contributed by atoms with Gasteiger partial charge in [0.15, 0.2) is 6.10 Å². The summed E-state index contributed by atoms with van der Waals surface area (Å²) in [5.74, 6) is -0.897. The van der Waals surface area contributed by atoms with Crippen LogP contribution in [0.1, 0.15) is 18.2 Å². The standard InChI is InChI=1S/C14H14F3N3O2/c1-9(13(21)18-8-10-6-7-19-20-10)22-12-5-3-2-4-11(12)14(15,16)17/h2-7,9H,8H2,1H3,(H,18,21)(H,19,20)/t9-/m1/s1. The predicted molar refractivity (Wildman–Crippen MR) is 72.0 cm³/mol. The van der Waals surface area contributed by atoms with Crippen LogP contribution in [-0.2, 0) is 17.5 Å². The fourth-order valence-electron chi connectivity index (χ4n) is 1.76. The number of halogens is 3. The minimum absolute atomic E-state index is 0.188. The Labute approximate surface area is 124 Å². The van der Waals surface area contributed by atoms with E-state index in [0.29, 0.717) is 5.69 Å².